The monoisotopic (exact) mass is 339 g/mol. The molecule has 1 aromatic heterocycles. The molecule has 0 saturated heterocycles. The second-order valence-electron chi connectivity index (χ2n) is 5.32. The van der Waals surface area contributed by atoms with Gasteiger partial charge >= 0.3 is 6.09 Å². The van der Waals surface area contributed by atoms with Crippen LogP contribution in [0.15, 0.2) is 36.4 Å². The molecule has 5 nitrogen and oxygen atoms in total. The van der Waals surface area contributed by atoms with Crippen LogP contribution in [0.25, 0.3) is 0 Å². The lowest BCUT2D eigenvalue weighted by Crippen LogP contribution is -2.28. The topological polar surface area (TPSA) is 64.1 Å². The molecule has 0 aliphatic carbocycles. The molecule has 2 rings (SSSR count). The maximum atomic E-state index is 11.8. The van der Waals surface area contributed by atoms with Crippen LogP contribution in [0.1, 0.15) is 19.4 Å². The van der Waals surface area contributed by atoms with Gasteiger partial charge in [-0.25, -0.2) is 4.79 Å². The van der Waals surface area contributed by atoms with Gasteiger partial charge < -0.3 is 4.74 Å². The Hall–Kier alpha value is -1.85. The molecule has 1 amide bonds. The van der Waals surface area contributed by atoms with E-state index in [1.54, 1.807) is 18.2 Å². The number of amides is 1. The summed E-state index contributed by atoms with van der Waals surface area (Å²) in [5.74, 6) is 0. The summed E-state index contributed by atoms with van der Waals surface area (Å²) in [6, 6.07) is 10.7. The smallest absolute Gasteiger partial charge is 0.411 e. The van der Waals surface area contributed by atoms with E-state index in [1.165, 1.54) is 0 Å². The van der Waals surface area contributed by atoms with Crippen molar-refractivity contribution in [3.63, 3.8) is 0 Å². The van der Waals surface area contributed by atoms with E-state index < -0.39 is 11.5 Å². The third-order valence-electron chi connectivity index (χ3n) is 3.03. The van der Waals surface area contributed by atoms with Gasteiger partial charge in [-0.15, -0.1) is 10.2 Å². The predicted octanol–water partition coefficient (Wildman–Crippen LogP) is 4.31. The van der Waals surface area contributed by atoms with Gasteiger partial charge in [-0.2, -0.15) is 0 Å². The van der Waals surface area contributed by atoms with Gasteiger partial charge in [0.1, 0.15) is 6.61 Å². The number of hydrogen-bond donors (Lipinski definition) is 1. The summed E-state index contributed by atoms with van der Waals surface area (Å²) in [5, 5.41) is 10.6. The Labute approximate surface area is 138 Å². The standard InChI is InChI=1S/C15H15Cl2N3O2/c1-15(2,11-8-12(16)19-20-13(11)17)9-22-14(21)18-10-6-4-3-5-7-10/h3-8H,9H2,1-2H3,(H,18,21). The molecule has 0 aliphatic heterocycles. The van der Waals surface area contributed by atoms with Crippen LogP contribution in [0.5, 0.6) is 0 Å². The number of carbonyl (C=O) groups is 1. The lowest BCUT2D eigenvalue weighted by Gasteiger charge is -2.25. The van der Waals surface area contributed by atoms with Crippen LogP contribution < -0.4 is 5.32 Å². The van der Waals surface area contributed by atoms with E-state index in [-0.39, 0.29) is 16.9 Å². The normalized spacial score (nSPS) is 11.1. The number of benzene rings is 1. The SMILES string of the molecule is CC(C)(COC(=O)Nc1ccccc1)c1cc(Cl)nnc1Cl. The Kier molecular flexibility index (Phi) is 5.21. The first kappa shape index (κ1) is 16.5. The molecular formula is C15H15Cl2N3O2. The van der Waals surface area contributed by atoms with E-state index >= 15 is 0 Å². The minimum absolute atomic E-state index is 0.118. The van der Waals surface area contributed by atoms with Gasteiger partial charge in [-0.1, -0.05) is 55.2 Å². The maximum absolute atomic E-state index is 11.8. The van der Waals surface area contributed by atoms with Crippen LogP contribution in [0, 0.1) is 0 Å². The highest BCUT2D eigenvalue weighted by Gasteiger charge is 2.27. The lowest BCUT2D eigenvalue weighted by molar-refractivity contribution is 0.137. The molecule has 0 bridgehead atoms. The average Bonchev–Trinajstić information content (AvgIpc) is 2.49. The van der Waals surface area contributed by atoms with Crippen molar-refractivity contribution in [1.82, 2.24) is 10.2 Å². The molecule has 0 atom stereocenters. The Morgan fingerprint density at radius 3 is 2.59 bits per heavy atom. The number of rotatable bonds is 4. The van der Waals surface area contributed by atoms with Crippen molar-refractivity contribution in [2.75, 3.05) is 11.9 Å². The maximum Gasteiger partial charge on any atom is 0.411 e. The number of para-hydroxylation sites is 1. The zero-order chi connectivity index (χ0) is 16.2. The number of ether oxygens (including phenoxy) is 1. The first-order valence-corrected chi connectivity index (χ1v) is 7.32. The number of aromatic nitrogens is 2. The van der Waals surface area contributed by atoms with Crippen LogP contribution in [-0.4, -0.2) is 22.9 Å². The second-order valence-corrected chi connectivity index (χ2v) is 6.07. The summed E-state index contributed by atoms with van der Waals surface area (Å²) in [5.41, 5.74) is 0.781. The van der Waals surface area contributed by atoms with Crippen molar-refractivity contribution in [2.24, 2.45) is 0 Å². The van der Waals surface area contributed by atoms with Gasteiger partial charge in [0, 0.05) is 16.7 Å². The zero-order valence-electron chi connectivity index (χ0n) is 12.1. The second kappa shape index (κ2) is 6.94. The van der Waals surface area contributed by atoms with Crippen molar-refractivity contribution in [1.29, 1.82) is 0 Å². The van der Waals surface area contributed by atoms with E-state index in [0.717, 1.165) is 0 Å². The minimum Gasteiger partial charge on any atom is -0.448 e. The molecule has 0 unspecified atom stereocenters. The Morgan fingerprint density at radius 2 is 1.91 bits per heavy atom. The Bertz CT molecular complexity index is 663. The summed E-state index contributed by atoms with van der Waals surface area (Å²) >= 11 is 11.9. The van der Waals surface area contributed by atoms with E-state index in [2.05, 4.69) is 15.5 Å². The molecular weight excluding hydrogens is 325 g/mol. The molecule has 0 fully saturated rings. The van der Waals surface area contributed by atoms with Gasteiger partial charge in [-0.05, 0) is 18.2 Å². The summed E-state index contributed by atoms with van der Waals surface area (Å²) in [7, 11) is 0. The van der Waals surface area contributed by atoms with Crippen molar-refractivity contribution < 1.29 is 9.53 Å². The first-order valence-electron chi connectivity index (χ1n) is 6.56. The zero-order valence-corrected chi connectivity index (χ0v) is 13.6. The number of nitrogens with zero attached hydrogens (tertiary/aromatic N) is 2. The molecule has 0 radical (unpaired) electrons. The fraction of sp³-hybridized carbons (Fsp3) is 0.267. The van der Waals surface area contributed by atoms with Crippen molar-refractivity contribution in [2.45, 2.75) is 19.3 Å². The molecule has 0 saturated carbocycles. The molecule has 0 aliphatic rings. The number of hydrogen-bond acceptors (Lipinski definition) is 4. The molecule has 7 heteroatoms. The van der Waals surface area contributed by atoms with Crippen LogP contribution in [0.4, 0.5) is 10.5 Å². The van der Waals surface area contributed by atoms with Crippen molar-refractivity contribution in [3.05, 3.63) is 52.3 Å². The Morgan fingerprint density at radius 1 is 1.23 bits per heavy atom. The quantitative estimate of drug-likeness (QED) is 0.901. The van der Waals surface area contributed by atoms with Crippen LogP contribution in [0.2, 0.25) is 10.3 Å². The van der Waals surface area contributed by atoms with E-state index in [4.69, 9.17) is 27.9 Å². The van der Waals surface area contributed by atoms with Gasteiger partial charge in [0.2, 0.25) is 0 Å². The van der Waals surface area contributed by atoms with E-state index in [9.17, 15) is 4.79 Å². The number of carbonyl (C=O) groups excluding carboxylic acids is 1. The van der Waals surface area contributed by atoms with Gasteiger partial charge in [0.15, 0.2) is 10.3 Å². The fourth-order valence-corrected chi connectivity index (χ4v) is 2.32. The molecule has 2 aromatic rings. The number of halogens is 2. The third kappa shape index (κ3) is 4.32. The predicted molar refractivity (Wildman–Crippen MR) is 86.5 cm³/mol. The summed E-state index contributed by atoms with van der Waals surface area (Å²) in [6.07, 6.45) is -0.538. The minimum atomic E-state index is -0.551. The molecule has 1 N–H and O–H groups in total. The van der Waals surface area contributed by atoms with Crippen LogP contribution >= 0.6 is 23.2 Å². The van der Waals surface area contributed by atoms with Gasteiger partial charge in [0.25, 0.3) is 0 Å². The molecule has 22 heavy (non-hydrogen) atoms. The van der Waals surface area contributed by atoms with Gasteiger partial charge in [-0.3, -0.25) is 5.32 Å². The van der Waals surface area contributed by atoms with Gasteiger partial charge in [0.05, 0.1) is 0 Å². The lowest BCUT2D eigenvalue weighted by atomic mass is 9.87. The third-order valence-corrected chi connectivity index (χ3v) is 3.50. The molecule has 1 heterocycles. The van der Waals surface area contributed by atoms with Crippen molar-refractivity contribution >= 4 is 35.0 Å². The molecule has 1 aromatic carbocycles. The largest absolute Gasteiger partial charge is 0.448 e. The summed E-state index contributed by atoms with van der Waals surface area (Å²) < 4.78 is 5.26. The highest BCUT2D eigenvalue weighted by molar-refractivity contribution is 6.31. The van der Waals surface area contributed by atoms with Crippen LogP contribution in [0.3, 0.4) is 0 Å². The van der Waals surface area contributed by atoms with E-state index in [1.807, 2.05) is 32.0 Å². The van der Waals surface area contributed by atoms with E-state index in [0.29, 0.717) is 11.3 Å². The number of anilines is 1. The fourth-order valence-electron chi connectivity index (χ4n) is 1.83. The molecule has 116 valence electrons. The van der Waals surface area contributed by atoms with Crippen molar-refractivity contribution in [3.8, 4) is 0 Å². The summed E-state index contributed by atoms with van der Waals surface area (Å²) in [6.45, 7) is 3.87. The molecule has 0 spiro atoms. The number of nitrogens with one attached hydrogen (secondary N) is 1. The van der Waals surface area contributed by atoms with Crippen LogP contribution in [-0.2, 0) is 10.2 Å². The average molecular weight is 340 g/mol. The highest BCUT2D eigenvalue weighted by Crippen LogP contribution is 2.30. The summed E-state index contributed by atoms with van der Waals surface area (Å²) in [4.78, 5) is 11.8. The Balaban J connectivity index is 2.00. The first-order chi connectivity index (χ1) is 10.4. The highest BCUT2D eigenvalue weighted by atomic mass is 35.5.